The van der Waals surface area contributed by atoms with Crippen LogP contribution in [0.4, 0.5) is 14.5 Å². The van der Waals surface area contributed by atoms with Gasteiger partial charge in [0.2, 0.25) is 10.0 Å². The SMILES string of the molecule is CCS(=O)(=O)Nc1ccc(C(=O)C=Cc2ccccc2OC(F)F)cc1. The maximum atomic E-state index is 12.4. The number of carbonyl (C=O) groups excluding carboxylic acids is 1. The molecule has 0 spiro atoms. The number of hydrogen-bond donors (Lipinski definition) is 1. The average molecular weight is 381 g/mol. The van der Waals surface area contributed by atoms with Crippen LogP contribution in [0.3, 0.4) is 0 Å². The van der Waals surface area contributed by atoms with Crippen molar-refractivity contribution in [2.75, 3.05) is 10.5 Å². The van der Waals surface area contributed by atoms with Gasteiger partial charge < -0.3 is 4.74 Å². The maximum Gasteiger partial charge on any atom is 0.387 e. The summed E-state index contributed by atoms with van der Waals surface area (Å²) < 4.78 is 54.5. The van der Waals surface area contributed by atoms with E-state index in [0.717, 1.165) is 0 Å². The molecule has 8 heteroatoms. The van der Waals surface area contributed by atoms with E-state index in [4.69, 9.17) is 0 Å². The van der Waals surface area contributed by atoms with Crippen LogP contribution >= 0.6 is 0 Å². The molecule has 2 rings (SSSR count). The average Bonchev–Trinajstić information content (AvgIpc) is 2.60. The third kappa shape index (κ3) is 5.66. The van der Waals surface area contributed by atoms with E-state index in [0.29, 0.717) is 16.8 Å². The summed E-state index contributed by atoms with van der Waals surface area (Å²) in [7, 11) is -3.39. The van der Waals surface area contributed by atoms with Crippen molar-refractivity contribution >= 4 is 27.6 Å². The lowest BCUT2D eigenvalue weighted by atomic mass is 10.1. The molecule has 0 saturated carbocycles. The van der Waals surface area contributed by atoms with Crippen LogP contribution in [0.25, 0.3) is 6.08 Å². The van der Waals surface area contributed by atoms with Gasteiger partial charge in [-0.15, -0.1) is 0 Å². The van der Waals surface area contributed by atoms with Gasteiger partial charge in [-0.3, -0.25) is 9.52 Å². The normalized spacial score (nSPS) is 11.7. The lowest BCUT2D eigenvalue weighted by molar-refractivity contribution is -0.0499. The van der Waals surface area contributed by atoms with E-state index >= 15 is 0 Å². The number of sulfonamides is 1. The molecule has 0 saturated heterocycles. The van der Waals surface area contributed by atoms with E-state index < -0.39 is 16.6 Å². The molecule has 0 amide bonds. The molecule has 0 heterocycles. The Morgan fingerprint density at radius 3 is 2.42 bits per heavy atom. The predicted octanol–water partition coefficient (Wildman–Crippen LogP) is 3.95. The number of benzene rings is 2. The van der Waals surface area contributed by atoms with Gasteiger partial charge in [0.25, 0.3) is 0 Å². The number of halogens is 2. The Balaban J connectivity index is 2.12. The summed E-state index contributed by atoms with van der Waals surface area (Å²) in [6.07, 6.45) is 2.62. The number of para-hydroxylation sites is 1. The Labute approximate surface area is 150 Å². The van der Waals surface area contributed by atoms with Crippen LogP contribution in [0, 0.1) is 0 Å². The van der Waals surface area contributed by atoms with Crippen LogP contribution < -0.4 is 9.46 Å². The summed E-state index contributed by atoms with van der Waals surface area (Å²) in [5, 5.41) is 0. The minimum absolute atomic E-state index is 0.0316. The minimum atomic E-state index is -3.39. The van der Waals surface area contributed by atoms with Gasteiger partial charge in [-0.2, -0.15) is 8.78 Å². The number of allylic oxidation sites excluding steroid dienone is 1. The number of carbonyl (C=O) groups is 1. The molecule has 0 bridgehead atoms. The molecule has 26 heavy (non-hydrogen) atoms. The highest BCUT2D eigenvalue weighted by Gasteiger charge is 2.09. The van der Waals surface area contributed by atoms with Crippen molar-refractivity contribution in [1.82, 2.24) is 0 Å². The zero-order valence-corrected chi connectivity index (χ0v) is 14.7. The fourth-order valence-corrected chi connectivity index (χ4v) is 2.68. The van der Waals surface area contributed by atoms with Gasteiger partial charge in [-0.25, -0.2) is 8.42 Å². The minimum Gasteiger partial charge on any atom is -0.434 e. The van der Waals surface area contributed by atoms with Gasteiger partial charge in [-0.1, -0.05) is 18.2 Å². The van der Waals surface area contributed by atoms with E-state index in [2.05, 4.69) is 9.46 Å². The summed E-state index contributed by atoms with van der Waals surface area (Å²) in [5.74, 6) is -0.450. The zero-order chi connectivity index (χ0) is 19.2. The predicted molar refractivity (Wildman–Crippen MR) is 96.0 cm³/mol. The fraction of sp³-hybridized carbons (Fsp3) is 0.167. The summed E-state index contributed by atoms with van der Waals surface area (Å²) in [5.41, 5.74) is 1.02. The van der Waals surface area contributed by atoms with Crippen molar-refractivity contribution in [3.8, 4) is 5.75 Å². The molecular weight excluding hydrogens is 364 g/mol. The van der Waals surface area contributed by atoms with Crippen LogP contribution in [-0.2, 0) is 10.0 Å². The fourth-order valence-electron chi connectivity index (χ4n) is 2.04. The van der Waals surface area contributed by atoms with Crippen LogP contribution in [0.1, 0.15) is 22.8 Å². The number of ketones is 1. The molecular formula is C18H17F2NO4S. The topological polar surface area (TPSA) is 72.5 Å². The zero-order valence-electron chi connectivity index (χ0n) is 13.9. The standard InChI is InChI=1S/C18H17F2NO4S/c1-2-26(23,24)21-15-10-7-13(8-11-15)16(22)12-9-14-5-3-4-6-17(14)25-18(19)20/h3-12,18,21H,2H2,1H3. The van der Waals surface area contributed by atoms with Crippen molar-refractivity contribution in [3.63, 3.8) is 0 Å². The Bertz CT molecular complexity index is 894. The van der Waals surface area contributed by atoms with E-state index in [-0.39, 0.29) is 17.3 Å². The molecule has 0 fully saturated rings. The van der Waals surface area contributed by atoms with Crippen LogP contribution in [0.15, 0.2) is 54.6 Å². The number of anilines is 1. The third-order valence-corrected chi connectivity index (χ3v) is 4.68. The first-order valence-electron chi connectivity index (χ1n) is 7.67. The van der Waals surface area contributed by atoms with E-state index in [1.807, 2.05) is 0 Å². The molecule has 138 valence electrons. The number of rotatable bonds is 8. The van der Waals surface area contributed by atoms with Gasteiger partial charge in [0.1, 0.15) is 5.75 Å². The van der Waals surface area contributed by atoms with Gasteiger partial charge in [0.15, 0.2) is 5.78 Å². The molecule has 5 nitrogen and oxygen atoms in total. The molecule has 0 atom stereocenters. The summed E-state index contributed by atoms with van der Waals surface area (Å²) in [4.78, 5) is 12.2. The molecule has 0 radical (unpaired) electrons. The Morgan fingerprint density at radius 1 is 1.15 bits per heavy atom. The molecule has 2 aromatic carbocycles. The highest BCUT2D eigenvalue weighted by molar-refractivity contribution is 7.92. The Hall–Kier alpha value is -2.74. The van der Waals surface area contributed by atoms with E-state index in [9.17, 15) is 22.0 Å². The first kappa shape index (κ1) is 19.6. The lowest BCUT2D eigenvalue weighted by Crippen LogP contribution is -2.14. The summed E-state index contributed by atoms with van der Waals surface area (Å²) >= 11 is 0. The second kappa shape index (κ2) is 8.57. The van der Waals surface area contributed by atoms with Crippen molar-refractivity contribution in [3.05, 3.63) is 65.7 Å². The second-order valence-electron chi connectivity index (χ2n) is 5.20. The van der Waals surface area contributed by atoms with Gasteiger partial charge in [0.05, 0.1) is 5.75 Å². The molecule has 0 aliphatic carbocycles. The number of alkyl halides is 2. The molecule has 0 unspecified atom stereocenters. The second-order valence-corrected chi connectivity index (χ2v) is 7.21. The summed E-state index contributed by atoms with van der Waals surface area (Å²) in [6.45, 7) is -1.44. The van der Waals surface area contributed by atoms with Crippen LogP contribution in [0.2, 0.25) is 0 Å². The van der Waals surface area contributed by atoms with Gasteiger partial charge in [-0.05, 0) is 49.4 Å². The Kier molecular flexibility index (Phi) is 6.46. The molecule has 0 aromatic heterocycles. The van der Waals surface area contributed by atoms with Crippen LogP contribution in [-0.4, -0.2) is 26.6 Å². The highest BCUT2D eigenvalue weighted by Crippen LogP contribution is 2.22. The lowest BCUT2D eigenvalue weighted by Gasteiger charge is -2.07. The largest absolute Gasteiger partial charge is 0.434 e. The third-order valence-electron chi connectivity index (χ3n) is 3.37. The molecule has 0 aliphatic heterocycles. The van der Waals surface area contributed by atoms with Crippen molar-refractivity contribution in [1.29, 1.82) is 0 Å². The number of ether oxygens (including phenoxy) is 1. The maximum absolute atomic E-state index is 12.4. The van der Waals surface area contributed by atoms with Crippen molar-refractivity contribution in [2.45, 2.75) is 13.5 Å². The quantitative estimate of drug-likeness (QED) is 0.555. The number of nitrogens with one attached hydrogen (secondary N) is 1. The van der Waals surface area contributed by atoms with E-state index in [1.54, 1.807) is 18.2 Å². The molecule has 2 aromatic rings. The van der Waals surface area contributed by atoms with E-state index in [1.165, 1.54) is 49.4 Å². The molecule has 0 aliphatic rings. The first-order chi connectivity index (χ1) is 12.3. The number of hydrogen-bond acceptors (Lipinski definition) is 4. The van der Waals surface area contributed by atoms with Crippen molar-refractivity contribution < 1.29 is 26.7 Å². The van der Waals surface area contributed by atoms with Crippen LogP contribution in [0.5, 0.6) is 5.75 Å². The highest BCUT2D eigenvalue weighted by atomic mass is 32.2. The van der Waals surface area contributed by atoms with Gasteiger partial charge in [0, 0.05) is 16.8 Å². The van der Waals surface area contributed by atoms with Crippen molar-refractivity contribution in [2.24, 2.45) is 0 Å². The first-order valence-corrected chi connectivity index (χ1v) is 9.33. The monoisotopic (exact) mass is 381 g/mol. The molecule has 1 N–H and O–H groups in total. The Morgan fingerprint density at radius 2 is 1.81 bits per heavy atom. The smallest absolute Gasteiger partial charge is 0.387 e. The summed E-state index contributed by atoms with van der Waals surface area (Å²) in [6, 6.07) is 12.0. The van der Waals surface area contributed by atoms with Gasteiger partial charge >= 0.3 is 6.61 Å².